The van der Waals surface area contributed by atoms with E-state index < -0.39 is 0 Å². The zero-order valence-electron chi connectivity index (χ0n) is 9.94. The van der Waals surface area contributed by atoms with E-state index in [0.29, 0.717) is 0 Å². The molecule has 0 amide bonds. The molecule has 1 aromatic heterocycles. The van der Waals surface area contributed by atoms with E-state index >= 15 is 0 Å². The van der Waals surface area contributed by atoms with Crippen LogP contribution >= 0.6 is 0 Å². The van der Waals surface area contributed by atoms with Gasteiger partial charge >= 0.3 is 0 Å². The summed E-state index contributed by atoms with van der Waals surface area (Å²) in [6.07, 6.45) is 2.09. The quantitative estimate of drug-likeness (QED) is 0.830. The average molecular weight is 221 g/mol. The second-order valence-electron chi connectivity index (χ2n) is 4.35. The molecule has 1 atom stereocenters. The molecule has 1 fully saturated rings. The minimum atomic E-state index is 0.265. The van der Waals surface area contributed by atoms with E-state index in [0.717, 1.165) is 32.1 Å². The first-order chi connectivity index (χ1) is 7.74. The maximum Gasteiger partial charge on any atom is 0.126 e. The molecular formula is C12H19N3O. The number of morpholine rings is 1. The Labute approximate surface area is 96.6 Å². The number of likely N-dealkylation sites (N-methyl/N-ethyl adjacent to an activating group) is 1. The first kappa shape index (κ1) is 11.4. The monoisotopic (exact) mass is 221 g/mol. The van der Waals surface area contributed by atoms with Gasteiger partial charge in [-0.05, 0) is 31.7 Å². The molecule has 0 radical (unpaired) electrons. The van der Waals surface area contributed by atoms with Crippen molar-refractivity contribution in [1.29, 1.82) is 0 Å². The number of pyridine rings is 1. The smallest absolute Gasteiger partial charge is 0.126 e. The van der Waals surface area contributed by atoms with Gasteiger partial charge in [0.25, 0.3) is 0 Å². The Bertz CT molecular complexity index is 343. The summed E-state index contributed by atoms with van der Waals surface area (Å²) in [5, 5.41) is 3.31. The van der Waals surface area contributed by atoms with Gasteiger partial charge in [0.05, 0.1) is 12.7 Å². The van der Waals surface area contributed by atoms with Crippen molar-refractivity contribution in [2.45, 2.75) is 13.0 Å². The van der Waals surface area contributed by atoms with Gasteiger partial charge < -0.3 is 15.0 Å². The van der Waals surface area contributed by atoms with Gasteiger partial charge in [-0.2, -0.15) is 0 Å². The van der Waals surface area contributed by atoms with Crippen LogP contribution < -0.4 is 5.32 Å². The molecule has 0 bridgehead atoms. The van der Waals surface area contributed by atoms with Crippen LogP contribution in [0.1, 0.15) is 5.56 Å². The van der Waals surface area contributed by atoms with Crippen molar-refractivity contribution in [3.05, 3.63) is 23.9 Å². The summed E-state index contributed by atoms with van der Waals surface area (Å²) in [7, 11) is 2.13. The third-order valence-corrected chi connectivity index (χ3v) is 2.77. The van der Waals surface area contributed by atoms with Gasteiger partial charge in [-0.15, -0.1) is 0 Å². The van der Waals surface area contributed by atoms with Crippen LogP contribution in [0.15, 0.2) is 18.3 Å². The van der Waals surface area contributed by atoms with E-state index in [9.17, 15) is 0 Å². The van der Waals surface area contributed by atoms with Gasteiger partial charge in [0.2, 0.25) is 0 Å². The highest BCUT2D eigenvalue weighted by Crippen LogP contribution is 2.07. The van der Waals surface area contributed by atoms with Crippen LogP contribution in [0.5, 0.6) is 0 Å². The molecule has 1 aliphatic heterocycles. The number of anilines is 1. The molecular weight excluding hydrogens is 202 g/mol. The molecule has 4 nitrogen and oxygen atoms in total. The minimum Gasteiger partial charge on any atom is -0.374 e. The Morgan fingerprint density at radius 3 is 3.25 bits per heavy atom. The maximum absolute atomic E-state index is 5.67. The summed E-state index contributed by atoms with van der Waals surface area (Å²) in [4.78, 5) is 6.55. The number of rotatable bonds is 3. The molecule has 0 spiro atoms. The third kappa shape index (κ3) is 3.18. The zero-order chi connectivity index (χ0) is 11.4. The predicted molar refractivity (Wildman–Crippen MR) is 64.7 cm³/mol. The van der Waals surface area contributed by atoms with E-state index in [-0.39, 0.29) is 6.10 Å². The minimum absolute atomic E-state index is 0.265. The molecule has 1 unspecified atom stereocenters. The SMILES string of the molecule is Cc1ccnc(NCC2CN(C)CCO2)c1. The van der Waals surface area contributed by atoms with Gasteiger partial charge in [-0.3, -0.25) is 0 Å². The van der Waals surface area contributed by atoms with Crippen LogP contribution in [0.25, 0.3) is 0 Å². The van der Waals surface area contributed by atoms with Crippen molar-refractivity contribution in [2.24, 2.45) is 0 Å². The van der Waals surface area contributed by atoms with Gasteiger partial charge in [-0.25, -0.2) is 4.98 Å². The van der Waals surface area contributed by atoms with E-state index in [4.69, 9.17) is 4.74 Å². The lowest BCUT2D eigenvalue weighted by Gasteiger charge is -2.30. The van der Waals surface area contributed by atoms with Crippen LogP contribution in [0.2, 0.25) is 0 Å². The third-order valence-electron chi connectivity index (χ3n) is 2.77. The number of hydrogen-bond donors (Lipinski definition) is 1. The molecule has 16 heavy (non-hydrogen) atoms. The van der Waals surface area contributed by atoms with Crippen LogP contribution in [0.4, 0.5) is 5.82 Å². The molecule has 1 aromatic rings. The number of nitrogens with one attached hydrogen (secondary N) is 1. The fourth-order valence-electron chi connectivity index (χ4n) is 1.84. The molecule has 1 saturated heterocycles. The normalized spacial score (nSPS) is 22.0. The topological polar surface area (TPSA) is 37.4 Å². The summed E-state index contributed by atoms with van der Waals surface area (Å²) >= 11 is 0. The molecule has 1 aliphatic rings. The number of ether oxygens (including phenoxy) is 1. The van der Waals surface area contributed by atoms with E-state index in [1.54, 1.807) is 0 Å². The van der Waals surface area contributed by atoms with Crippen molar-refractivity contribution in [3.63, 3.8) is 0 Å². The van der Waals surface area contributed by atoms with Crippen molar-refractivity contribution in [3.8, 4) is 0 Å². The van der Waals surface area contributed by atoms with Gasteiger partial charge in [0.1, 0.15) is 5.82 Å². The predicted octanol–water partition coefficient (Wildman–Crippen LogP) is 1.13. The number of hydrogen-bond acceptors (Lipinski definition) is 4. The van der Waals surface area contributed by atoms with Crippen molar-refractivity contribution < 1.29 is 4.74 Å². The lowest BCUT2D eigenvalue weighted by molar-refractivity contribution is -0.0117. The fraction of sp³-hybridized carbons (Fsp3) is 0.583. The first-order valence-electron chi connectivity index (χ1n) is 5.71. The molecule has 0 aliphatic carbocycles. The zero-order valence-corrected chi connectivity index (χ0v) is 9.94. The lowest BCUT2D eigenvalue weighted by Crippen LogP contribution is -2.43. The van der Waals surface area contributed by atoms with Crippen molar-refractivity contribution >= 4 is 5.82 Å². The fourth-order valence-corrected chi connectivity index (χ4v) is 1.84. The highest BCUT2D eigenvalue weighted by molar-refractivity contribution is 5.36. The first-order valence-corrected chi connectivity index (χ1v) is 5.71. The molecule has 0 aromatic carbocycles. The second-order valence-corrected chi connectivity index (χ2v) is 4.35. The summed E-state index contributed by atoms with van der Waals surface area (Å²) in [6, 6.07) is 4.04. The number of nitrogens with zero attached hydrogens (tertiary/aromatic N) is 2. The molecule has 4 heteroatoms. The van der Waals surface area contributed by atoms with E-state index in [2.05, 4.69) is 29.2 Å². The van der Waals surface area contributed by atoms with Crippen LogP contribution in [0.3, 0.4) is 0 Å². The lowest BCUT2D eigenvalue weighted by atomic mass is 10.2. The maximum atomic E-state index is 5.67. The number of aryl methyl sites for hydroxylation is 1. The standard InChI is InChI=1S/C12H19N3O/c1-10-3-4-13-12(7-10)14-8-11-9-15(2)5-6-16-11/h3-4,7,11H,5-6,8-9H2,1-2H3,(H,13,14). The molecule has 2 rings (SSSR count). The summed E-state index contributed by atoms with van der Waals surface area (Å²) in [6.45, 7) is 5.72. The van der Waals surface area contributed by atoms with Crippen molar-refractivity contribution in [1.82, 2.24) is 9.88 Å². The highest BCUT2D eigenvalue weighted by Gasteiger charge is 2.17. The van der Waals surface area contributed by atoms with Crippen LogP contribution in [-0.2, 0) is 4.74 Å². The molecule has 1 N–H and O–H groups in total. The van der Waals surface area contributed by atoms with Gasteiger partial charge in [0, 0.05) is 25.8 Å². The van der Waals surface area contributed by atoms with E-state index in [1.807, 2.05) is 18.3 Å². The Morgan fingerprint density at radius 2 is 2.50 bits per heavy atom. The molecule has 2 heterocycles. The Morgan fingerprint density at radius 1 is 1.62 bits per heavy atom. The summed E-state index contributed by atoms with van der Waals surface area (Å²) in [5.41, 5.74) is 1.22. The highest BCUT2D eigenvalue weighted by atomic mass is 16.5. The largest absolute Gasteiger partial charge is 0.374 e. The Hall–Kier alpha value is -1.13. The van der Waals surface area contributed by atoms with E-state index in [1.165, 1.54) is 5.56 Å². The second kappa shape index (κ2) is 5.27. The number of aromatic nitrogens is 1. The summed E-state index contributed by atoms with van der Waals surface area (Å²) < 4.78 is 5.67. The Balaban J connectivity index is 1.82. The van der Waals surface area contributed by atoms with Gasteiger partial charge in [-0.1, -0.05) is 0 Å². The Kier molecular flexibility index (Phi) is 3.74. The van der Waals surface area contributed by atoms with Crippen LogP contribution in [-0.4, -0.2) is 49.3 Å². The van der Waals surface area contributed by atoms with Gasteiger partial charge in [0.15, 0.2) is 0 Å². The summed E-state index contributed by atoms with van der Waals surface area (Å²) in [5.74, 6) is 0.928. The van der Waals surface area contributed by atoms with Crippen LogP contribution in [0, 0.1) is 6.92 Å². The molecule has 88 valence electrons. The van der Waals surface area contributed by atoms with Crippen molar-refractivity contribution in [2.75, 3.05) is 38.6 Å². The molecule has 0 saturated carbocycles. The average Bonchev–Trinajstić information content (AvgIpc) is 2.27.